The van der Waals surface area contributed by atoms with Crippen LogP contribution in [-0.4, -0.2) is 47.9 Å². The summed E-state index contributed by atoms with van der Waals surface area (Å²) in [6, 6.07) is 12.5. The van der Waals surface area contributed by atoms with E-state index in [-0.39, 0.29) is 18.0 Å². The molecule has 31 heavy (non-hydrogen) atoms. The highest BCUT2D eigenvalue weighted by Crippen LogP contribution is 2.25. The lowest BCUT2D eigenvalue weighted by Gasteiger charge is -2.30. The Hall–Kier alpha value is -2.78. The maximum Gasteiger partial charge on any atom is 0.310 e. The van der Waals surface area contributed by atoms with Gasteiger partial charge in [0, 0.05) is 13.1 Å². The van der Waals surface area contributed by atoms with Crippen LogP contribution in [-0.2, 0) is 26.1 Å². The van der Waals surface area contributed by atoms with Gasteiger partial charge in [-0.25, -0.2) is 17.8 Å². The molecule has 4 rings (SSSR count). The Labute approximate surface area is 180 Å². The number of sulfonamides is 1. The second-order valence-electron chi connectivity index (χ2n) is 7.62. The van der Waals surface area contributed by atoms with Crippen LogP contribution in [0.15, 0.2) is 53.4 Å². The second kappa shape index (κ2) is 8.76. The van der Waals surface area contributed by atoms with E-state index < -0.39 is 27.7 Å². The maximum absolute atomic E-state index is 13.1. The fourth-order valence-electron chi connectivity index (χ4n) is 3.94. The SMILES string of the molecule is Cc1nc2ccccc2n1CCOC(=O)C1CCCN(S(=O)(=O)c2ccc(F)cc2)C1. The normalized spacial score (nSPS) is 17.7. The predicted molar refractivity (Wildman–Crippen MR) is 113 cm³/mol. The largest absolute Gasteiger partial charge is 0.464 e. The summed E-state index contributed by atoms with van der Waals surface area (Å²) in [6.07, 6.45) is 1.13. The van der Waals surface area contributed by atoms with Gasteiger partial charge < -0.3 is 9.30 Å². The molecule has 0 amide bonds. The molecule has 1 fully saturated rings. The number of hydrogen-bond donors (Lipinski definition) is 0. The molecule has 1 atom stereocenters. The van der Waals surface area contributed by atoms with Crippen LogP contribution in [0.1, 0.15) is 18.7 Å². The first-order valence-electron chi connectivity index (χ1n) is 10.2. The standard InChI is InChI=1S/C22H24FN3O4S/c1-16-24-20-6-2-3-7-21(20)26(16)13-14-30-22(27)17-5-4-12-25(15-17)31(28,29)19-10-8-18(23)9-11-19/h2-3,6-11,17H,4-5,12-15H2,1H3. The summed E-state index contributed by atoms with van der Waals surface area (Å²) >= 11 is 0. The average molecular weight is 446 g/mol. The lowest BCUT2D eigenvalue weighted by molar-refractivity contribution is -0.150. The zero-order valence-electron chi connectivity index (χ0n) is 17.2. The second-order valence-corrected chi connectivity index (χ2v) is 9.56. The number of aryl methyl sites for hydroxylation is 1. The van der Waals surface area contributed by atoms with Gasteiger partial charge in [-0.2, -0.15) is 4.31 Å². The van der Waals surface area contributed by atoms with Gasteiger partial charge in [-0.1, -0.05) is 12.1 Å². The summed E-state index contributed by atoms with van der Waals surface area (Å²) < 4.78 is 47.6. The van der Waals surface area contributed by atoms with Gasteiger partial charge in [-0.15, -0.1) is 0 Å². The van der Waals surface area contributed by atoms with Crippen molar-refractivity contribution in [3.05, 3.63) is 60.2 Å². The van der Waals surface area contributed by atoms with Gasteiger partial charge in [0.2, 0.25) is 10.0 Å². The fourth-order valence-corrected chi connectivity index (χ4v) is 5.47. The zero-order valence-corrected chi connectivity index (χ0v) is 18.0. The van der Waals surface area contributed by atoms with Crippen molar-refractivity contribution < 1.29 is 22.3 Å². The van der Waals surface area contributed by atoms with Crippen molar-refractivity contribution in [3.8, 4) is 0 Å². The van der Waals surface area contributed by atoms with Gasteiger partial charge >= 0.3 is 5.97 Å². The number of ether oxygens (including phenoxy) is 1. The number of benzene rings is 2. The van der Waals surface area contributed by atoms with Crippen LogP contribution in [0, 0.1) is 18.7 Å². The maximum atomic E-state index is 13.1. The van der Waals surface area contributed by atoms with Crippen LogP contribution in [0.4, 0.5) is 4.39 Å². The molecular weight excluding hydrogens is 421 g/mol. The van der Waals surface area contributed by atoms with Crippen LogP contribution in [0.2, 0.25) is 0 Å². The third-order valence-electron chi connectivity index (χ3n) is 5.57. The average Bonchev–Trinajstić information content (AvgIpc) is 3.09. The molecule has 0 aliphatic carbocycles. The Kier molecular flexibility index (Phi) is 6.06. The lowest BCUT2D eigenvalue weighted by atomic mass is 10.0. The first-order valence-corrected chi connectivity index (χ1v) is 11.6. The van der Waals surface area contributed by atoms with Crippen molar-refractivity contribution in [2.24, 2.45) is 5.92 Å². The summed E-state index contributed by atoms with van der Waals surface area (Å²) in [5, 5.41) is 0. The minimum Gasteiger partial charge on any atom is -0.464 e. The number of carbonyl (C=O) groups is 1. The van der Waals surface area contributed by atoms with Gasteiger partial charge in [-0.3, -0.25) is 4.79 Å². The third kappa shape index (κ3) is 4.47. The van der Waals surface area contributed by atoms with E-state index in [1.165, 1.54) is 16.4 Å². The Morgan fingerprint density at radius 3 is 2.71 bits per heavy atom. The molecular formula is C22H24FN3O4S. The smallest absolute Gasteiger partial charge is 0.310 e. The number of nitrogens with zero attached hydrogens (tertiary/aromatic N) is 3. The van der Waals surface area contributed by atoms with Crippen molar-refractivity contribution in [2.75, 3.05) is 19.7 Å². The first kappa shape index (κ1) is 21.5. The molecule has 2 aromatic carbocycles. The topological polar surface area (TPSA) is 81.5 Å². The van der Waals surface area contributed by atoms with Gasteiger partial charge in [-0.05, 0) is 56.2 Å². The molecule has 1 aliphatic heterocycles. The summed E-state index contributed by atoms with van der Waals surface area (Å²) in [5.41, 5.74) is 1.87. The number of carbonyl (C=O) groups excluding carboxylic acids is 1. The minimum atomic E-state index is -3.78. The van der Waals surface area contributed by atoms with Crippen molar-refractivity contribution in [1.82, 2.24) is 13.9 Å². The fraction of sp³-hybridized carbons (Fsp3) is 0.364. The molecule has 7 nitrogen and oxygen atoms in total. The van der Waals surface area contributed by atoms with Gasteiger partial charge in [0.15, 0.2) is 0 Å². The van der Waals surface area contributed by atoms with Crippen molar-refractivity contribution in [2.45, 2.75) is 31.2 Å². The zero-order chi connectivity index (χ0) is 22.0. The number of para-hydroxylation sites is 2. The number of halogens is 1. The summed E-state index contributed by atoms with van der Waals surface area (Å²) in [7, 11) is -3.78. The summed E-state index contributed by atoms with van der Waals surface area (Å²) in [4.78, 5) is 17.1. The molecule has 0 saturated carbocycles. The number of hydrogen-bond acceptors (Lipinski definition) is 5. The van der Waals surface area contributed by atoms with Crippen LogP contribution in [0.3, 0.4) is 0 Å². The Balaban J connectivity index is 1.37. The van der Waals surface area contributed by atoms with Crippen LogP contribution in [0.5, 0.6) is 0 Å². The van der Waals surface area contributed by atoms with E-state index in [0.717, 1.165) is 29.0 Å². The van der Waals surface area contributed by atoms with Gasteiger partial charge in [0.1, 0.15) is 18.2 Å². The molecule has 0 spiro atoms. The molecule has 1 aromatic heterocycles. The molecule has 0 N–H and O–H groups in total. The molecule has 0 bridgehead atoms. The highest BCUT2D eigenvalue weighted by atomic mass is 32.2. The molecule has 1 aliphatic rings. The third-order valence-corrected chi connectivity index (χ3v) is 7.45. The molecule has 9 heteroatoms. The minimum absolute atomic E-state index is 0.0189. The van der Waals surface area contributed by atoms with Crippen LogP contribution >= 0.6 is 0 Å². The monoisotopic (exact) mass is 445 g/mol. The number of fused-ring (bicyclic) bond motifs is 1. The molecule has 3 aromatic rings. The van der Waals surface area contributed by atoms with Gasteiger partial charge in [0.05, 0.1) is 28.4 Å². The molecule has 1 unspecified atom stereocenters. The van der Waals surface area contributed by atoms with E-state index in [9.17, 15) is 17.6 Å². The van der Waals surface area contributed by atoms with E-state index in [0.29, 0.717) is 25.9 Å². The van der Waals surface area contributed by atoms with E-state index in [2.05, 4.69) is 4.98 Å². The van der Waals surface area contributed by atoms with Crippen molar-refractivity contribution >= 4 is 27.0 Å². The van der Waals surface area contributed by atoms with Gasteiger partial charge in [0.25, 0.3) is 0 Å². The highest BCUT2D eigenvalue weighted by molar-refractivity contribution is 7.89. The highest BCUT2D eigenvalue weighted by Gasteiger charge is 2.34. The molecule has 0 radical (unpaired) electrons. The molecule has 164 valence electrons. The van der Waals surface area contributed by atoms with Crippen molar-refractivity contribution in [3.63, 3.8) is 0 Å². The summed E-state index contributed by atoms with van der Waals surface area (Å²) in [5.74, 6) is -0.586. The van der Waals surface area contributed by atoms with Crippen LogP contribution in [0.25, 0.3) is 11.0 Å². The Morgan fingerprint density at radius 1 is 1.19 bits per heavy atom. The molecule has 1 saturated heterocycles. The Bertz CT molecular complexity index is 1190. The van der Waals surface area contributed by atoms with E-state index >= 15 is 0 Å². The quantitative estimate of drug-likeness (QED) is 0.545. The number of piperidine rings is 1. The number of imidazole rings is 1. The number of rotatable bonds is 6. The number of aromatic nitrogens is 2. The Morgan fingerprint density at radius 2 is 1.94 bits per heavy atom. The van der Waals surface area contributed by atoms with Crippen molar-refractivity contribution in [1.29, 1.82) is 0 Å². The predicted octanol–water partition coefficient (Wildman–Crippen LogP) is 3.13. The van der Waals surface area contributed by atoms with E-state index in [4.69, 9.17) is 4.74 Å². The van der Waals surface area contributed by atoms with E-state index in [1.54, 1.807) is 0 Å². The van der Waals surface area contributed by atoms with E-state index in [1.807, 2.05) is 35.8 Å². The first-order chi connectivity index (χ1) is 14.9. The van der Waals surface area contributed by atoms with Crippen LogP contribution < -0.4 is 0 Å². The summed E-state index contributed by atoms with van der Waals surface area (Å²) in [6.45, 7) is 2.94. The number of esters is 1. The molecule has 2 heterocycles. The lowest BCUT2D eigenvalue weighted by Crippen LogP contribution is -2.42.